The van der Waals surface area contributed by atoms with Gasteiger partial charge >= 0.3 is 0 Å². The highest BCUT2D eigenvalue weighted by Crippen LogP contribution is 2.18. The van der Waals surface area contributed by atoms with Gasteiger partial charge in [0.15, 0.2) is 5.69 Å². The molecule has 0 spiro atoms. The van der Waals surface area contributed by atoms with E-state index in [1.165, 1.54) is 12.6 Å². The molecular formula is C18H21N5O2. The minimum absolute atomic E-state index is 0.0535. The van der Waals surface area contributed by atoms with Crippen molar-refractivity contribution in [2.75, 3.05) is 18.9 Å². The van der Waals surface area contributed by atoms with E-state index < -0.39 is 0 Å². The second kappa shape index (κ2) is 7.29. The number of rotatable bonds is 5. The monoisotopic (exact) mass is 339 g/mol. The minimum atomic E-state index is -0.314. The standard InChI is InChI=1S/C18H21N5O2/c1-12-3-5-13(6-4-12)11-23-10-9-15(18(23)25)20-16-8-7-14(21-22-16)17(24)19-2/h3-8,15H,9-11H2,1-2H3,(H,19,24)(H,20,22). The SMILES string of the molecule is CNC(=O)c1ccc(NC2CCN(Cc3ccc(C)cc3)C2=O)nn1. The lowest BCUT2D eigenvalue weighted by atomic mass is 10.1. The average Bonchev–Trinajstić information content (AvgIpc) is 2.97. The van der Waals surface area contributed by atoms with Crippen LogP contribution in [0.1, 0.15) is 28.0 Å². The molecule has 0 bridgehead atoms. The first-order valence-electron chi connectivity index (χ1n) is 8.23. The first kappa shape index (κ1) is 16.9. The number of amides is 2. The van der Waals surface area contributed by atoms with Crippen molar-refractivity contribution >= 4 is 17.6 Å². The van der Waals surface area contributed by atoms with Gasteiger partial charge in [-0.05, 0) is 31.0 Å². The largest absolute Gasteiger partial charge is 0.357 e. The first-order chi connectivity index (χ1) is 12.1. The number of aromatic nitrogens is 2. The van der Waals surface area contributed by atoms with Crippen molar-refractivity contribution in [3.8, 4) is 0 Å². The molecule has 2 N–H and O–H groups in total. The van der Waals surface area contributed by atoms with Crippen molar-refractivity contribution in [1.29, 1.82) is 0 Å². The van der Waals surface area contributed by atoms with Crippen LogP contribution in [0.3, 0.4) is 0 Å². The summed E-state index contributed by atoms with van der Waals surface area (Å²) in [5, 5.41) is 13.4. The Bertz CT molecular complexity index is 758. The van der Waals surface area contributed by atoms with Gasteiger partial charge in [-0.25, -0.2) is 0 Å². The third-order valence-electron chi connectivity index (χ3n) is 4.24. The van der Waals surface area contributed by atoms with Crippen molar-refractivity contribution in [3.05, 3.63) is 53.2 Å². The van der Waals surface area contributed by atoms with Crippen LogP contribution in [-0.2, 0) is 11.3 Å². The van der Waals surface area contributed by atoms with E-state index in [1.807, 2.05) is 24.0 Å². The Labute approximate surface area is 146 Å². The van der Waals surface area contributed by atoms with Crippen LogP contribution in [0.25, 0.3) is 0 Å². The Morgan fingerprint density at radius 2 is 1.96 bits per heavy atom. The smallest absolute Gasteiger partial charge is 0.271 e. The fraction of sp³-hybridized carbons (Fsp3) is 0.333. The van der Waals surface area contributed by atoms with E-state index >= 15 is 0 Å². The topological polar surface area (TPSA) is 87.2 Å². The summed E-state index contributed by atoms with van der Waals surface area (Å²) in [6.07, 6.45) is 0.712. The number of hydrogen-bond acceptors (Lipinski definition) is 5. The van der Waals surface area contributed by atoms with Gasteiger partial charge in [0.05, 0.1) is 0 Å². The number of anilines is 1. The Balaban J connectivity index is 1.60. The Morgan fingerprint density at radius 3 is 2.60 bits per heavy atom. The maximum Gasteiger partial charge on any atom is 0.271 e. The van der Waals surface area contributed by atoms with Crippen LogP contribution in [0.5, 0.6) is 0 Å². The van der Waals surface area contributed by atoms with Crippen molar-refractivity contribution in [3.63, 3.8) is 0 Å². The summed E-state index contributed by atoms with van der Waals surface area (Å²) >= 11 is 0. The molecule has 1 fully saturated rings. The quantitative estimate of drug-likeness (QED) is 0.859. The molecule has 7 heteroatoms. The summed E-state index contributed by atoms with van der Waals surface area (Å²) in [5.74, 6) is 0.251. The Kier molecular flexibility index (Phi) is 4.92. The summed E-state index contributed by atoms with van der Waals surface area (Å²) in [4.78, 5) is 25.9. The van der Waals surface area contributed by atoms with E-state index in [0.29, 0.717) is 25.3 Å². The van der Waals surface area contributed by atoms with Crippen LogP contribution in [-0.4, -0.2) is 46.5 Å². The molecule has 1 unspecified atom stereocenters. The van der Waals surface area contributed by atoms with E-state index in [0.717, 1.165) is 5.56 Å². The van der Waals surface area contributed by atoms with Crippen LogP contribution >= 0.6 is 0 Å². The third-order valence-corrected chi connectivity index (χ3v) is 4.24. The van der Waals surface area contributed by atoms with Crippen molar-refractivity contribution in [2.45, 2.75) is 25.9 Å². The van der Waals surface area contributed by atoms with Crippen LogP contribution in [0.15, 0.2) is 36.4 Å². The predicted octanol–water partition coefficient (Wildman–Crippen LogP) is 1.36. The highest BCUT2D eigenvalue weighted by Gasteiger charge is 2.31. The normalized spacial score (nSPS) is 16.8. The maximum absolute atomic E-state index is 12.6. The lowest BCUT2D eigenvalue weighted by Crippen LogP contribution is -2.33. The molecule has 25 heavy (non-hydrogen) atoms. The van der Waals surface area contributed by atoms with Gasteiger partial charge in [0.25, 0.3) is 5.91 Å². The van der Waals surface area contributed by atoms with E-state index in [-0.39, 0.29) is 23.6 Å². The third kappa shape index (κ3) is 3.93. The van der Waals surface area contributed by atoms with Crippen LogP contribution in [0, 0.1) is 6.92 Å². The number of carbonyl (C=O) groups excluding carboxylic acids is 2. The Hall–Kier alpha value is -2.96. The van der Waals surface area contributed by atoms with Gasteiger partial charge in [-0.2, -0.15) is 0 Å². The van der Waals surface area contributed by atoms with Crippen molar-refractivity contribution in [1.82, 2.24) is 20.4 Å². The number of likely N-dealkylation sites (tertiary alicyclic amines) is 1. The summed E-state index contributed by atoms with van der Waals surface area (Å²) in [6.45, 7) is 3.36. The van der Waals surface area contributed by atoms with Crippen molar-refractivity contribution in [2.24, 2.45) is 0 Å². The summed E-state index contributed by atoms with van der Waals surface area (Å²) in [6, 6.07) is 11.1. The number of nitrogens with zero attached hydrogens (tertiary/aromatic N) is 3. The molecule has 7 nitrogen and oxygen atoms in total. The van der Waals surface area contributed by atoms with E-state index in [9.17, 15) is 9.59 Å². The maximum atomic E-state index is 12.6. The van der Waals surface area contributed by atoms with Gasteiger partial charge in [0.2, 0.25) is 5.91 Å². The second-order valence-electron chi connectivity index (χ2n) is 6.11. The number of hydrogen-bond donors (Lipinski definition) is 2. The molecule has 2 heterocycles. The predicted molar refractivity (Wildman–Crippen MR) is 94.0 cm³/mol. The molecule has 1 atom stereocenters. The van der Waals surface area contributed by atoms with Crippen LogP contribution < -0.4 is 10.6 Å². The summed E-state index contributed by atoms with van der Waals surface area (Å²) < 4.78 is 0. The molecule has 1 aliphatic heterocycles. The van der Waals surface area contributed by atoms with Crippen LogP contribution in [0.2, 0.25) is 0 Å². The molecule has 1 aromatic heterocycles. The molecule has 0 aliphatic carbocycles. The molecule has 3 rings (SSSR count). The average molecular weight is 339 g/mol. The lowest BCUT2D eigenvalue weighted by molar-refractivity contribution is -0.128. The van der Waals surface area contributed by atoms with Crippen LogP contribution in [0.4, 0.5) is 5.82 Å². The summed E-state index contributed by atoms with van der Waals surface area (Å²) in [5.41, 5.74) is 2.57. The minimum Gasteiger partial charge on any atom is -0.357 e. The van der Waals surface area contributed by atoms with Gasteiger partial charge in [-0.1, -0.05) is 29.8 Å². The molecule has 0 radical (unpaired) electrons. The van der Waals surface area contributed by atoms with Gasteiger partial charge in [-0.3, -0.25) is 9.59 Å². The molecule has 1 aromatic carbocycles. The van der Waals surface area contributed by atoms with Gasteiger partial charge < -0.3 is 15.5 Å². The van der Waals surface area contributed by atoms with Gasteiger partial charge in [-0.15, -0.1) is 10.2 Å². The van der Waals surface area contributed by atoms with Crippen molar-refractivity contribution < 1.29 is 9.59 Å². The fourth-order valence-electron chi connectivity index (χ4n) is 2.78. The van der Waals surface area contributed by atoms with Gasteiger partial charge in [0.1, 0.15) is 11.9 Å². The van der Waals surface area contributed by atoms with E-state index in [1.54, 1.807) is 12.1 Å². The Morgan fingerprint density at radius 1 is 1.20 bits per heavy atom. The lowest BCUT2D eigenvalue weighted by Gasteiger charge is -2.17. The van der Waals surface area contributed by atoms with Gasteiger partial charge in [0, 0.05) is 20.1 Å². The number of aryl methyl sites for hydroxylation is 1. The molecular weight excluding hydrogens is 318 g/mol. The van der Waals surface area contributed by atoms with E-state index in [2.05, 4.69) is 33.0 Å². The molecule has 0 saturated carbocycles. The first-order valence-corrected chi connectivity index (χ1v) is 8.23. The zero-order valence-corrected chi connectivity index (χ0v) is 14.3. The number of carbonyl (C=O) groups is 2. The molecule has 1 saturated heterocycles. The molecule has 2 aromatic rings. The molecule has 2 amide bonds. The highest BCUT2D eigenvalue weighted by atomic mass is 16.2. The number of nitrogens with one attached hydrogen (secondary N) is 2. The molecule has 1 aliphatic rings. The highest BCUT2D eigenvalue weighted by molar-refractivity contribution is 5.92. The summed E-state index contributed by atoms with van der Waals surface area (Å²) in [7, 11) is 1.54. The zero-order chi connectivity index (χ0) is 17.8. The molecule has 130 valence electrons. The fourth-order valence-corrected chi connectivity index (χ4v) is 2.78. The number of benzene rings is 1. The van der Waals surface area contributed by atoms with E-state index in [4.69, 9.17) is 0 Å². The second-order valence-corrected chi connectivity index (χ2v) is 6.11. The zero-order valence-electron chi connectivity index (χ0n) is 14.3.